The Hall–Kier alpha value is -1.73. The van der Waals surface area contributed by atoms with Crippen LogP contribution in [0.2, 0.25) is 0 Å². The molecule has 6 nitrogen and oxygen atoms in total. The number of carbonyl (C=O) groups is 1. The number of hydrogen-bond acceptors (Lipinski definition) is 5. The molecule has 7 heteroatoms. The minimum atomic E-state index is -0.194. The summed E-state index contributed by atoms with van der Waals surface area (Å²) in [4.78, 5) is 20.4. The van der Waals surface area contributed by atoms with Gasteiger partial charge >= 0.3 is 0 Å². The van der Waals surface area contributed by atoms with Crippen molar-refractivity contribution in [1.82, 2.24) is 19.9 Å². The molecule has 0 aliphatic carbocycles. The monoisotopic (exact) mass is 293 g/mol. The van der Waals surface area contributed by atoms with Crippen LogP contribution in [-0.2, 0) is 7.05 Å². The molecule has 20 heavy (non-hydrogen) atoms. The fourth-order valence-corrected chi connectivity index (χ4v) is 2.54. The molecular weight excluding hydrogens is 274 g/mol. The summed E-state index contributed by atoms with van der Waals surface area (Å²) in [5, 5.41) is 8.74. The number of nitrogens with one attached hydrogen (secondary N) is 2. The Balaban J connectivity index is 1.99. The minimum absolute atomic E-state index is 0.188. The standard InChI is InChI=1S/C13H19N5OS/c1-4-5-15-9(2)10-7-20-13(16-10)17-12(19)11-6-14-8-18(11)3/h6-9,15H,4-5H2,1-3H3,(H,16,17,19). The van der Waals surface area contributed by atoms with Crippen LogP contribution in [0.15, 0.2) is 17.9 Å². The molecule has 2 heterocycles. The van der Waals surface area contributed by atoms with Crippen LogP contribution in [0.5, 0.6) is 0 Å². The quantitative estimate of drug-likeness (QED) is 0.856. The molecule has 2 N–H and O–H groups in total. The molecule has 0 spiro atoms. The lowest BCUT2D eigenvalue weighted by Gasteiger charge is -2.09. The molecule has 1 amide bonds. The van der Waals surface area contributed by atoms with Crippen LogP contribution in [0, 0.1) is 0 Å². The number of amides is 1. The first-order valence-corrected chi connectivity index (χ1v) is 7.46. The third-order valence-electron chi connectivity index (χ3n) is 2.94. The van der Waals surface area contributed by atoms with Crippen molar-refractivity contribution < 1.29 is 4.79 Å². The predicted molar refractivity (Wildman–Crippen MR) is 80.0 cm³/mol. The van der Waals surface area contributed by atoms with Gasteiger partial charge < -0.3 is 9.88 Å². The first-order chi connectivity index (χ1) is 9.61. The van der Waals surface area contributed by atoms with E-state index in [1.807, 2.05) is 5.38 Å². The summed E-state index contributed by atoms with van der Waals surface area (Å²) in [5.41, 5.74) is 1.46. The fraction of sp³-hybridized carbons (Fsp3) is 0.462. The van der Waals surface area contributed by atoms with Crippen molar-refractivity contribution in [2.45, 2.75) is 26.3 Å². The lowest BCUT2D eigenvalue weighted by molar-refractivity contribution is 0.101. The number of aryl methyl sites for hydroxylation is 1. The van der Waals surface area contributed by atoms with Gasteiger partial charge in [-0.3, -0.25) is 10.1 Å². The molecule has 2 rings (SSSR count). The average molecular weight is 293 g/mol. The molecule has 0 fully saturated rings. The van der Waals surface area contributed by atoms with Crippen molar-refractivity contribution in [1.29, 1.82) is 0 Å². The zero-order chi connectivity index (χ0) is 14.5. The summed E-state index contributed by atoms with van der Waals surface area (Å²) < 4.78 is 1.68. The second kappa shape index (κ2) is 6.62. The molecule has 0 bridgehead atoms. The number of aromatic nitrogens is 3. The van der Waals surface area contributed by atoms with Crippen LogP contribution in [0.3, 0.4) is 0 Å². The zero-order valence-corrected chi connectivity index (χ0v) is 12.7. The van der Waals surface area contributed by atoms with Crippen LogP contribution in [0.25, 0.3) is 0 Å². The number of nitrogens with zero attached hydrogens (tertiary/aromatic N) is 3. The van der Waals surface area contributed by atoms with Crippen LogP contribution in [-0.4, -0.2) is 27.0 Å². The maximum absolute atomic E-state index is 12.0. The molecule has 1 unspecified atom stereocenters. The Morgan fingerprint density at radius 2 is 2.35 bits per heavy atom. The first kappa shape index (κ1) is 14.7. The van der Waals surface area contributed by atoms with Crippen LogP contribution < -0.4 is 10.6 Å². The Morgan fingerprint density at radius 1 is 1.55 bits per heavy atom. The number of carbonyl (C=O) groups excluding carboxylic acids is 1. The van der Waals surface area contributed by atoms with E-state index in [2.05, 4.69) is 34.4 Å². The van der Waals surface area contributed by atoms with Crippen LogP contribution >= 0.6 is 11.3 Å². The van der Waals surface area contributed by atoms with E-state index >= 15 is 0 Å². The van der Waals surface area contributed by atoms with Gasteiger partial charge in [-0.15, -0.1) is 11.3 Å². The van der Waals surface area contributed by atoms with Gasteiger partial charge in [0.25, 0.3) is 5.91 Å². The fourth-order valence-electron chi connectivity index (χ4n) is 1.75. The first-order valence-electron chi connectivity index (χ1n) is 6.58. The van der Waals surface area contributed by atoms with Crippen molar-refractivity contribution in [2.24, 2.45) is 7.05 Å². The predicted octanol–water partition coefficient (Wildman–Crippen LogP) is 2.19. The highest BCUT2D eigenvalue weighted by Gasteiger charge is 2.14. The summed E-state index contributed by atoms with van der Waals surface area (Å²) in [6, 6.07) is 0.188. The van der Waals surface area contributed by atoms with E-state index in [0.29, 0.717) is 10.8 Å². The molecule has 1 atom stereocenters. The van der Waals surface area contributed by atoms with Gasteiger partial charge in [0.2, 0.25) is 0 Å². The number of rotatable bonds is 6. The summed E-state index contributed by atoms with van der Waals surface area (Å²) in [7, 11) is 1.78. The maximum atomic E-state index is 12.0. The Bertz CT molecular complexity index is 577. The normalized spacial score (nSPS) is 12.3. The van der Waals surface area contributed by atoms with Crippen molar-refractivity contribution >= 4 is 22.4 Å². The zero-order valence-electron chi connectivity index (χ0n) is 11.9. The van der Waals surface area contributed by atoms with E-state index < -0.39 is 0 Å². The highest BCUT2D eigenvalue weighted by atomic mass is 32.1. The van der Waals surface area contributed by atoms with Gasteiger partial charge in [0.05, 0.1) is 18.2 Å². The second-order valence-corrected chi connectivity index (χ2v) is 5.46. The lowest BCUT2D eigenvalue weighted by atomic mass is 10.2. The molecule has 2 aromatic heterocycles. The van der Waals surface area contributed by atoms with Crippen LogP contribution in [0.4, 0.5) is 5.13 Å². The summed E-state index contributed by atoms with van der Waals surface area (Å²) in [6.45, 7) is 5.15. The third-order valence-corrected chi connectivity index (χ3v) is 3.71. The van der Waals surface area contributed by atoms with E-state index in [0.717, 1.165) is 18.7 Å². The molecular formula is C13H19N5OS. The molecule has 0 saturated carbocycles. The van der Waals surface area contributed by atoms with Crippen molar-refractivity contribution in [3.05, 3.63) is 29.3 Å². The number of thiazole rings is 1. The van der Waals surface area contributed by atoms with Gasteiger partial charge in [0.15, 0.2) is 5.13 Å². The Kier molecular flexibility index (Phi) is 4.86. The Labute approximate surface area is 122 Å². The average Bonchev–Trinajstić information content (AvgIpc) is 3.05. The molecule has 2 aromatic rings. The number of anilines is 1. The van der Waals surface area contributed by atoms with E-state index in [-0.39, 0.29) is 11.9 Å². The SMILES string of the molecule is CCCNC(C)c1csc(NC(=O)c2cncn2C)n1. The van der Waals surface area contributed by atoms with Gasteiger partial charge in [-0.05, 0) is 19.9 Å². The molecule has 108 valence electrons. The van der Waals surface area contributed by atoms with Gasteiger partial charge in [0, 0.05) is 18.5 Å². The van der Waals surface area contributed by atoms with Gasteiger partial charge in [0.1, 0.15) is 5.69 Å². The molecule has 0 aliphatic heterocycles. The van der Waals surface area contributed by atoms with Crippen molar-refractivity contribution in [3.63, 3.8) is 0 Å². The lowest BCUT2D eigenvalue weighted by Crippen LogP contribution is -2.20. The van der Waals surface area contributed by atoms with Crippen molar-refractivity contribution in [3.8, 4) is 0 Å². The highest BCUT2D eigenvalue weighted by molar-refractivity contribution is 7.14. The van der Waals surface area contributed by atoms with E-state index in [4.69, 9.17) is 0 Å². The largest absolute Gasteiger partial charge is 0.330 e. The third kappa shape index (κ3) is 3.43. The van der Waals surface area contributed by atoms with Crippen molar-refractivity contribution in [2.75, 3.05) is 11.9 Å². The van der Waals surface area contributed by atoms with E-state index in [9.17, 15) is 4.79 Å². The molecule has 0 aromatic carbocycles. The Morgan fingerprint density at radius 3 is 3.00 bits per heavy atom. The molecule has 0 aliphatic rings. The topological polar surface area (TPSA) is 71.8 Å². The maximum Gasteiger partial charge on any atom is 0.275 e. The summed E-state index contributed by atoms with van der Waals surface area (Å²) >= 11 is 1.43. The summed E-state index contributed by atoms with van der Waals surface area (Å²) in [5.74, 6) is -0.194. The number of hydrogen-bond donors (Lipinski definition) is 2. The second-order valence-electron chi connectivity index (χ2n) is 4.60. The minimum Gasteiger partial charge on any atom is -0.330 e. The molecule has 0 radical (unpaired) electrons. The van der Waals surface area contributed by atoms with E-state index in [1.165, 1.54) is 17.5 Å². The smallest absolute Gasteiger partial charge is 0.275 e. The molecule has 0 saturated heterocycles. The van der Waals surface area contributed by atoms with Crippen LogP contribution in [0.1, 0.15) is 42.5 Å². The summed E-state index contributed by atoms with van der Waals surface area (Å²) in [6.07, 6.45) is 4.22. The highest BCUT2D eigenvalue weighted by Crippen LogP contribution is 2.21. The van der Waals surface area contributed by atoms with Gasteiger partial charge in [-0.25, -0.2) is 9.97 Å². The van der Waals surface area contributed by atoms with E-state index in [1.54, 1.807) is 17.9 Å². The number of imidazole rings is 1. The van der Waals surface area contributed by atoms with Gasteiger partial charge in [-0.2, -0.15) is 0 Å². The van der Waals surface area contributed by atoms with Gasteiger partial charge in [-0.1, -0.05) is 6.92 Å².